The predicted octanol–water partition coefficient (Wildman–Crippen LogP) is 3.05. The SMILES string of the molecule is Cc1ccc(NC(=S)N2CCN(C(=O)c3ccco3)CC2)c(C)c1. The van der Waals surface area contributed by atoms with Crippen LogP contribution in [0.25, 0.3) is 0 Å². The lowest BCUT2D eigenvalue weighted by molar-refractivity contribution is 0.0661. The number of anilines is 1. The van der Waals surface area contributed by atoms with Crippen molar-refractivity contribution in [3.05, 3.63) is 53.5 Å². The van der Waals surface area contributed by atoms with Crippen LogP contribution < -0.4 is 5.32 Å². The largest absolute Gasteiger partial charge is 0.459 e. The standard InChI is InChI=1S/C18H21N3O2S/c1-13-5-6-15(14(2)12-13)19-18(24)21-9-7-20(8-10-21)17(22)16-4-3-11-23-16/h3-6,11-12H,7-10H2,1-2H3,(H,19,24). The minimum absolute atomic E-state index is 0.0621. The van der Waals surface area contributed by atoms with Crippen LogP contribution in [0.3, 0.4) is 0 Å². The fourth-order valence-electron chi connectivity index (χ4n) is 2.82. The second-order valence-electron chi connectivity index (χ2n) is 6.01. The summed E-state index contributed by atoms with van der Waals surface area (Å²) in [6.45, 7) is 6.83. The van der Waals surface area contributed by atoms with Crippen LogP contribution in [0.15, 0.2) is 41.0 Å². The van der Waals surface area contributed by atoms with Gasteiger partial charge in [-0.05, 0) is 49.8 Å². The summed E-state index contributed by atoms with van der Waals surface area (Å²) in [7, 11) is 0. The Kier molecular flexibility index (Phi) is 4.85. The smallest absolute Gasteiger partial charge is 0.289 e. The van der Waals surface area contributed by atoms with Crippen molar-refractivity contribution in [3.8, 4) is 0 Å². The minimum Gasteiger partial charge on any atom is -0.459 e. The summed E-state index contributed by atoms with van der Waals surface area (Å²) in [6, 6.07) is 9.67. The maximum Gasteiger partial charge on any atom is 0.289 e. The first-order chi connectivity index (χ1) is 11.5. The second kappa shape index (κ2) is 7.05. The van der Waals surface area contributed by atoms with Gasteiger partial charge in [-0.3, -0.25) is 4.79 Å². The maximum atomic E-state index is 12.3. The number of hydrogen-bond acceptors (Lipinski definition) is 3. The van der Waals surface area contributed by atoms with Crippen molar-refractivity contribution in [2.75, 3.05) is 31.5 Å². The molecule has 5 nitrogen and oxygen atoms in total. The number of carbonyl (C=O) groups is 1. The van der Waals surface area contributed by atoms with Crippen LogP contribution in [-0.4, -0.2) is 47.0 Å². The van der Waals surface area contributed by atoms with E-state index in [0.717, 1.165) is 5.69 Å². The van der Waals surface area contributed by atoms with E-state index in [4.69, 9.17) is 16.6 Å². The molecule has 0 radical (unpaired) electrons. The Hall–Kier alpha value is -2.34. The van der Waals surface area contributed by atoms with Crippen LogP contribution in [-0.2, 0) is 0 Å². The summed E-state index contributed by atoms with van der Waals surface area (Å²) in [5.74, 6) is 0.326. The quantitative estimate of drug-likeness (QED) is 0.850. The number of nitrogens with zero attached hydrogens (tertiary/aromatic N) is 2. The zero-order chi connectivity index (χ0) is 17.1. The third-order valence-electron chi connectivity index (χ3n) is 4.21. The molecule has 0 aliphatic carbocycles. The summed E-state index contributed by atoms with van der Waals surface area (Å²) in [4.78, 5) is 16.2. The van der Waals surface area contributed by atoms with Crippen LogP contribution in [0.4, 0.5) is 5.69 Å². The molecule has 1 fully saturated rings. The molecule has 2 heterocycles. The van der Waals surface area contributed by atoms with E-state index in [1.54, 1.807) is 17.0 Å². The average Bonchev–Trinajstić information content (AvgIpc) is 3.11. The molecular weight excluding hydrogens is 322 g/mol. The number of thiocarbonyl (C=S) groups is 1. The van der Waals surface area contributed by atoms with Crippen molar-refractivity contribution in [2.45, 2.75) is 13.8 Å². The van der Waals surface area contributed by atoms with E-state index in [2.05, 4.69) is 36.2 Å². The van der Waals surface area contributed by atoms with Crippen molar-refractivity contribution in [3.63, 3.8) is 0 Å². The number of piperazine rings is 1. The lowest BCUT2D eigenvalue weighted by atomic mass is 10.1. The Morgan fingerprint density at radius 3 is 2.46 bits per heavy atom. The van der Waals surface area contributed by atoms with E-state index in [-0.39, 0.29) is 5.91 Å². The molecule has 1 saturated heterocycles. The van der Waals surface area contributed by atoms with Crippen LogP contribution in [0.1, 0.15) is 21.7 Å². The Morgan fingerprint density at radius 2 is 1.83 bits per heavy atom. The molecule has 1 aliphatic heterocycles. The van der Waals surface area contributed by atoms with Gasteiger partial charge in [0.1, 0.15) is 0 Å². The van der Waals surface area contributed by atoms with Gasteiger partial charge in [-0.15, -0.1) is 0 Å². The predicted molar refractivity (Wildman–Crippen MR) is 98.3 cm³/mol. The first-order valence-corrected chi connectivity index (χ1v) is 8.41. The molecule has 1 aromatic carbocycles. The molecule has 2 aromatic rings. The van der Waals surface area contributed by atoms with E-state index in [9.17, 15) is 4.79 Å². The number of aryl methyl sites for hydroxylation is 2. The number of nitrogens with one attached hydrogen (secondary N) is 1. The summed E-state index contributed by atoms with van der Waals surface area (Å²) >= 11 is 5.53. The highest BCUT2D eigenvalue weighted by Gasteiger charge is 2.24. The first-order valence-electron chi connectivity index (χ1n) is 8.00. The van der Waals surface area contributed by atoms with E-state index in [0.29, 0.717) is 37.1 Å². The van der Waals surface area contributed by atoms with Crippen LogP contribution in [0, 0.1) is 13.8 Å². The lowest BCUT2D eigenvalue weighted by Gasteiger charge is -2.36. The molecule has 1 N–H and O–H groups in total. The molecular formula is C18H21N3O2S. The van der Waals surface area contributed by atoms with E-state index in [1.807, 2.05) is 6.07 Å². The van der Waals surface area contributed by atoms with Gasteiger partial charge < -0.3 is 19.5 Å². The summed E-state index contributed by atoms with van der Waals surface area (Å²) < 4.78 is 5.18. The molecule has 24 heavy (non-hydrogen) atoms. The Labute approximate surface area is 147 Å². The summed E-state index contributed by atoms with van der Waals surface area (Å²) in [5, 5.41) is 4.02. The molecule has 0 bridgehead atoms. The molecule has 0 unspecified atom stereocenters. The highest BCUT2D eigenvalue weighted by atomic mass is 32.1. The summed E-state index contributed by atoms with van der Waals surface area (Å²) in [5.41, 5.74) is 3.43. The molecule has 0 atom stereocenters. The zero-order valence-electron chi connectivity index (χ0n) is 13.9. The monoisotopic (exact) mass is 343 g/mol. The number of hydrogen-bond donors (Lipinski definition) is 1. The van der Waals surface area contributed by atoms with Crippen molar-refractivity contribution < 1.29 is 9.21 Å². The minimum atomic E-state index is -0.0621. The normalized spacial score (nSPS) is 14.6. The molecule has 6 heteroatoms. The van der Waals surface area contributed by atoms with Crippen molar-refractivity contribution >= 4 is 28.9 Å². The van der Waals surface area contributed by atoms with Gasteiger partial charge in [0, 0.05) is 31.9 Å². The Balaban J connectivity index is 1.56. The van der Waals surface area contributed by atoms with Crippen LogP contribution >= 0.6 is 12.2 Å². The van der Waals surface area contributed by atoms with Gasteiger partial charge in [-0.2, -0.15) is 0 Å². The number of benzene rings is 1. The van der Waals surface area contributed by atoms with E-state index in [1.165, 1.54) is 17.4 Å². The molecule has 1 aromatic heterocycles. The molecule has 0 saturated carbocycles. The number of furan rings is 1. The molecule has 1 amide bonds. The van der Waals surface area contributed by atoms with Crippen molar-refractivity contribution in [2.24, 2.45) is 0 Å². The van der Waals surface area contributed by atoms with Crippen molar-refractivity contribution in [1.29, 1.82) is 0 Å². The van der Waals surface area contributed by atoms with Crippen LogP contribution in [0.2, 0.25) is 0 Å². The topological polar surface area (TPSA) is 48.7 Å². The van der Waals surface area contributed by atoms with Crippen molar-refractivity contribution in [1.82, 2.24) is 9.80 Å². The number of carbonyl (C=O) groups excluding carboxylic acids is 1. The lowest BCUT2D eigenvalue weighted by Crippen LogP contribution is -2.51. The van der Waals surface area contributed by atoms with Gasteiger partial charge in [0.15, 0.2) is 10.9 Å². The maximum absolute atomic E-state index is 12.3. The van der Waals surface area contributed by atoms with Gasteiger partial charge in [-0.25, -0.2) is 0 Å². The third kappa shape index (κ3) is 3.59. The molecule has 126 valence electrons. The highest BCUT2D eigenvalue weighted by Crippen LogP contribution is 2.17. The van der Waals surface area contributed by atoms with Gasteiger partial charge in [0.2, 0.25) is 0 Å². The van der Waals surface area contributed by atoms with Gasteiger partial charge >= 0.3 is 0 Å². The molecule has 0 spiro atoms. The highest BCUT2D eigenvalue weighted by molar-refractivity contribution is 7.80. The second-order valence-corrected chi connectivity index (χ2v) is 6.39. The first kappa shape index (κ1) is 16.5. The zero-order valence-corrected chi connectivity index (χ0v) is 14.7. The summed E-state index contributed by atoms with van der Waals surface area (Å²) in [6.07, 6.45) is 1.52. The average molecular weight is 343 g/mol. The fourth-order valence-corrected chi connectivity index (χ4v) is 3.11. The Bertz CT molecular complexity index is 735. The van der Waals surface area contributed by atoms with Gasteiger partial charge in [-0.1, -0.05) is 17.7 Å². The fraction of sp³-hybridized carbons (Fsp3) is 0.333. The van der Waals surface area contributed by atoms with E-state index >= 15 is 0 Å². The molecule has 3 rings (SSSR count). The van der Waals surface area contributed by atoms with Crippen LogP contribution in [0.5, 0.6) is 0 Å². The number of rotatable bonds is 2. The third-order valence-corrected chi connectivity index (χ3v) is 4.57. The Morgan fingerprint density at radius 1 is 1.12 bits per heavy atom. The van der Waals surface area contributed by atoms with Gasteiger partial charge in [0.25, 0.3) is 5.91 Å². The molecule has 1 aliphatic rings. The van der Waals surface area contributed by atoms with E-state index < -0.39 is 0 Å². The number of amides is 1. The van der Waals surface area contributed by atoms with Gasteiger partial charge in [0.05, 0.1) is 6.26 Å².